The number of hydrogen-bond acceptors (Lipinski definition) is 2. The molecule has 0 saturated heterocycles. The first-order valence-electron chi connectivity index (χ1n) is 3.91. The van der Waals surface area contributed by atoms with Gasteiger partial charge < -0.3 is 5.11 Å². The number of carboxylic acids is 1. The van der Waals surface area contributed by atoms with Gasteiger partial charge in [0.25, 0.3) is 0 Å². The van der Waals surface area contributed by atoms with Crippen molar-refractivity contribution in [3.8, 4) is 0 Å². The van der Waals surface area contributed by atoms with Crippen LogP contribution >= 0.6 is 0 Å². The van der Waals surface area contributed by atoms with Gasteiger partial charge in [-0.1, -0.05) is 19.2 Å². The summed E-state index contributed by atoms with van der Waals surface area (Å²) < 4.78 is 12.3. The van der Waals surface area contributed by atoms with Gasteiger partial charge in [-0.3, -0.25) is 9.59 Å². The number of halogens is 1. The van der Waals surface area contributed by atoms with E-state index >= 15 is 0 Å². The predicted molar refractivity (Wildman–Crippen MR) is 50.4 cm³/mol. The Morgan fingerprint density at radius 2 is 1.93 bits per heavy atom. The van der Waals surface area contributed by atoms with Crippen LogP contribution in [-0.2, 0) is 9.59 Å². The van der Waals surface area contributed by atoms with Crippen molar-refractivity contribution in [3.05, 3.63) is 36.7 Å². The summed E-state index contributed by atoms with van der Waals surface area (Å²) in [7, 11) is 0. The molecule has 14 heavy (non-hydrogen) atoms. The molecule has 0 unspecified atom stereocenters. The van der Waals surface area contributed by atoms with E-state index in [9.17, 15) is 14.0 Å². The Kier molecular flexibility index (Phi) is 5.14. The lowest BCUT2D eigenvalue weighted by Gasteiger charge is -1.98. The molecule has 0 spiro atoms. The van der Waals surface area contributed by atoms with E-state index in [4.69, 9.17) is 5.11 Å². The molecule has 0 radical (unpaired) electrons. The fourth-order valence-corrected chi connectivity index (χ4v) is 0.787. The second-order valence-corrected chi connectivity index (χ2v) is 2.57. The molecule has 4 heteroatoms. The summed E-state index contributed by atoms with van der Waals surface area (Å²) in [5.41, 5.74) is 0.0405. The Morgan fingerprint density at radius 3 is 2.29 bits per heavy atom. The highest BCUT2D eigenvalue weighted by Crippen LogP contribution is 2.08. The van der Waals surface area contributed by atoms with Crippen molar-refractivity contribution in [2.24, 2.45) is 0 Å². The number of Topliss-reactive ketones (excluding diaryl/α,β-unsaturated/α-hetero) is 1. The predicted octanol–water partition coefficient (Wildman–Crippen LogP) is 2.02. The standard InChI is InChI=1S/C10H11FO3/c1-3-8(6-7(2)11)9(12)4-5-10(13)14/h3,6H,1-2,4-5H2,(H,13,14)/b8-6+. The van der Waals surface area contributed by atoms with Crippen LogP contribution in [0.2, 0.25) is 0 Å². The zero-order chi connectivity index (χ0) is 11.1. The first-order valence-corrected chi connectivity index (χ1v) is 3.91. The maximum atomic E-state index is 12.3. The number of rotatable bonds is 6. The lowest BCUT2D eigenvalue weighted by molar-refractivity contribution is -0.138. The molecule has 0 aromatic carbocycles. The summed E-state index contributed by atoms with van der Waals surface area (Å²) in [6, 6.07) is 0. The third-order valence-electron chi connectivity index (χ3n) is 1.42. The highest BCUT2D eigenvalue weighted by Gasteiger charge is 2.08. The third-order valence-corrected chi connectivity index (χ3v) is 1.42. The van der Waals surface area contributed by atoms with Crippen LogP contribution in [0.15, 0.2) is 36.7 Å². The van der Waals surface area contributed by atoms with E-state index in [0.29, 0.717) is 0 Å². The Hall–Kier alpha value is -1.71. The van der Waals surface area contributed by atoms with Crippen LogP contribution < -0.4 is 0 Å². The summed E-state index contributed by atoms with van der Waals surface area (Å²) >= 11 is 0. The van der Waals surface area contributed by atoms with Crippen molar-refractivity contribution in [2.75, 3.05) is 0 Å². The molecule has 3 nitrogen and oxygen atoms in total. The van der Waals surface area contributed by atoms with E-state index in [1.807, 2.05) is 0 Å². The monoisotopic (exact) mass is 198 g/mol. The van der Waals surface area contributed by atoms with Gasteiger partial charge in [-0.2, -0.15) is 0 Å². The molecule has 0 aliphatic rings. The Bertz CT molecular complexity index is 302. The first-order chi connectivity index (χ1) is 6.47. The zero-order valence-corrected chi connectivity index (χ0v) is 7.62. The molecule has 0 rings (SSSR count). The SMILES string of the molecule is C=C/C(=C\C(=C)F)C(=O)CCC(=O)O. The average Bonchev–Trinajstić information content (AvgIpc) is 2.09. The third kappa shape index (κ3) is 5.03. The van der Waals surface area contributed by atoms with Crippen LogP contribution in [0.3, 0.4) is 0 Å². The number of carbonyl (C=O) groups excluding carboxylic acids is 1. The van der Waals surface area contributed by atoms with Crippen molar-refractivity contribution in [3.63, 3.8) is 0 Å². The summed E-state index contributed by atoms with van der Waals surface area (Å²) in [6.45, 7) is 6.28. The van der Waals surface area contributed by atoms with Gasteiger partial charge in [-0.15, -0.1) is 0 Å². The molecule has 0 aromatic heterocycles. The fraction of sp³-hybridized carbons (Fsp3) is 0.200. The number of carbonyl (C=O) groups is 2. The van der Waals surface area contributed by atoms with Gasteiger partial charge in [-0.05, 0) is 6.08 Å². The molecule has 0 bridgehead atoms. The van der Waals surface area contributed by atoms with E-state index in [2.05, 4.69) is 13.2 Å². The second kappa shape index (κ2) is 5.85. The van der Waals surface area contributed by atoms with Gasteiger partial charge in [-0.25, -0.2) is 4.39 Å². The van der Waals surface area contributed by atoms with Gasteiger partial charge in [0.1, 0.15) is 5.83 Å². The highest BCUT2D eigenvalue weighted by molar-refractivity contribution is 5.99. The molecule has 76 valence electrons. The minimum absolute atomic E-state index is 0.0405. The van der Waals surface area contributed by atoms with Crippen LogP contribution in [0.5, 0.6) is 0 Å². The molecular weight excluding hydrogens is 187 g/mol. The topological polar surface area (TPSA) is 54.4 Å². The summed E-state index contributed by atoms with van der Waals surface area (Å²) in [5, 5.41) is 8.31. The maximum Gasteiger partial charge on any atom is 0.303 e. The molecular formula is C10H11FO3. The van der Waals surface area contributed by atoms with E-state index < -0.39 is 17.6 Å². The Labute approximate surface area is 81.2 Å². The largest absolute Gasteiger partial charge is 0.481 e. The molecule has 0 heterocycles. The summed E-state index contributed by atoms with van der Waals surface area (Å²) in [4.78, 5) is 21.4. The van der Waals surface area contributed by atoms with Gasteiger partial charge >= 0.3 is 5.97 Å². The van der Waals surface area contributed by atoms with E-state index in [1.165, 1.54) is 6.08 Å². The lowest BCUT2D eigenvalue weighted by Crippen LogP contribution is -2.04. The molecule has 0 amide bonds. The molecule has 0 fully saturated rings. The van der Waals surface area contributed by atoms with Crippen molar-refractivity contribution in [1.82, 2.24) is 0 Å². The summed E-state index contributed by atoms with van der Waals surface area (Å²) in [6.07, 6.45) is 1.66. The number of ketones is 1. The van der Waals surface area contributed by atoms with Gasteiger partial charge in [0.05, 0.1) is 6.42 Å². The number of carboxylic acid groups (broad SMARTS) is 1. The minimum atomic E-state index is -1.07. The van der Waals surface area contributed by atoms with Crippen LogP contribution in [0.25, 0.3) is 0 Å². The highest BCUT2D eigenvalue weighted by atomic mass is 19.1. The van der Waals surface area contributed by atoms with E-state index in [0.717, 1.165) is 6.08 Å². The Balaban J connectivity index is 4.40. The average molecular weight is 198 g/mol. The van der Waals surface area contributed by atoms with Crippen LogP contribution in [0, 0.1) is 0 Å². The van der Waals surface area contributed by atoms with Crippen molar-refractivity contribution in [1.29, 1.82) is 0 Å². The smallest absolute Gasteiger partial charge is 0.303 e. The Morgan fingerprint density at radius 1 is 1.36 bits per heavy atom. The van der Waals surface area contributed by atoms with Crippen molar-refractivity contribution in [2.45, 2.75) is 12.8 Å². The molecule has 0 aromatic rings. The number of allylic oxidation sites excluding steroid dienone is 4. The summed E-state index contributed by atoms with van der Waals surface area (Å²) in [5.74, 6) is -2.29. The van der Waals surface area contributed by atoms with Crippen LogP contribution in [0.4, 0.5) is 4.39 Å². The van der Waals surface area contributed by atoms with Crippen molar-refractivity contribution < 1.29 is 19.1 Å². The minimum Gasteiger partial charge on any atom is -0.481 e. The van der Waals surface area contributed by atoms with Crippen molar-refractivity contribution >= 4 is 11.8 Å². The molecule has 0 aliphatic heterocycles. The maximum absolute atomic E-state index is 12.3. The van der Waals surface area contributed by atoms with Crippen LogP contribution in [0.1, 0.15) is 12.8 Å². The van der Waals surface area contributed by atoms with Gasteiger partial charge in [0, 0.05) is 12.0 Å². The lowest BCUT2D eigenvalue weighted by atomic mass is 10.1. The molecule has 0 aliphatic carbocycles. The quantitative estimate of drug-likeness (QED) is 0.524. The number of aliphatic carboxylic acids is 1. The van der Waals surface area contributed by atoms with E-state index in [-0.39, 0.29) is 18.4 Å². The first kappa shape index (κ1) is 12.3. The number of hydrogen-bond donors (Lipinski definition) is 1. The van der Waals surface area contributed by atoms with Crippen LogP contribution in [-0.4, -0.2) is 16.9 Å². The fourth-order valence-electron chi connectivity index (χ4n) is 0.787. The van der Waals surface area contributed by atoms with Gasteiger partial charge in [0.2, 0.25) is 0 Å². The van der Waals surface area contributed by atoms with E-state index in [1.54, 1.807) is 0 Å². The second-order valence-electron chi connectivity index (χ2n) is 2.57. The molecule has 1 N–H and O–H groups in total. The van der Waals surface area contributed by atoms with Gasteiger partial charge in [0.15, 0.2) is 5.78 Å². The molecule has 0 atom stereocenters. The molecule has 0 saturated carbocycles. The normalized spacial score (nSPS) is 10.8. The zero-order valence-electron chi connectivity index (χ0n) is 7.62.